The quantitative estimate of drug-likeness (QED) is 0.383. The highest BCUT2D eigenvalue weighted by atomic mass is 16.5. The van der Waals surface area contributed by atoms with E-state index in [0.29, 0.717) is 17.9 Å². The molecule has 0 atom stereocenters. The van der Waals surface area contributed by atoms with E-state index in [0.717, 1.165) is 45.0 Å². The second kappa shape index (κ2) is 9.97. The molecule has 0 aliphatic rings. The molecular formula is C28H25N3O3. The van der Waals surface area contributed by atoms with Gasteiger partial charge >= 0.3 is 0 Å². The van der Waals surface area contributed by atoms with Crippen LogP contribution in [-0.4, -0.2) is 19.2 Å². The second-order valence-electron chi connectivity index (χ2n) is 7.68. The summed E-state index contributed by atoms with van der Waals surface area (Å²) in [4.78, 5) is 4.43. The first-order valence-electron chi connectivity index (χ1n) is 10.8. The first-order chi connectivity index (χ1) is 16.5. The molecule has 1 aromatic heterocycles. The van der Waals surface area contributed by atoms with Gasteiger partial charge < -0.3 is 19.9 Å². The van der Waals surface area contributed by atoms with Crippen LogP contribution in [0, 0.1) is 18.3 Å². The lowest BCUT2D eigenvalue weighted by Crippen LogP contribution is -2.03. The number of aryl methyl sites for hydroxylation is 1. The largest absolute Gasteiger partial charge is 0.497 e. The van der Waals surface area contributed by atoms with Crippen molar-refractivity contribution in [2.24, 2.45) is 0 Å². The number of nitrogen functional groups attached to an aromatic ring is 1. The molecule has 0 aliphatic carbocycles. The van der Waals surface area contributed by atoms with Gasteiger partial charge in [-0.25, -0.2) is 4.98 Å². The standard InChI is InChI=1S/C28H25N3O3/c1-18-26(19-7-5-4-6-8-19)27(24(16-29)28(30)31-18)20-9-11-22(12-10-20)34-17-21-15-23(32-2)13-14-25(21)33-3/h4-15H,17H2,1-3H3,(H2,30,31). The highest BCUT2D eigenvalue weighted by molar-refractivity contribution is 5.91. The first-order valence-corrected chi connectivity index (χ1v) is 10.8. The molecule has 0 bridgehead atoms. The molecule has 0 amide bonds. The normalized spacial score (nSPS) is 10.4. The van der Waals surface area contributed by atoms with E-state index in [2.05, 4.69) is 11.1 Å². The molecule has 6 heteroatoms. The number of benzene rings is 3. The molecule has 0 unspecified atom stereocenters. The molecule has 0 radical (unpaired) electrons. The van der Waals surface area contributed by atoms with Gasteiger partial charge in [-0.1, -0.05) is 42.5 Å². The SMILES string of the molecule is COc1ccc(OC)c(COc2ccc(-c3c(C#N)c(N)nc(C)c3-c3ccccc3)cc2)c1. The van der Waals surface area contributed by atoms with Gasteiger partial charge in [-0.2, -0.15) is 5.26 Å². The average molecular weight is 452 g/mol. The van der Waals surface area contributed by atoms with E-state index in [-0.39, 0.29) is 5.82 Å². The maximum Gasteiger partial charge on any atom is 0.142 e. The number of rotatable bonds is 7. The van der Waals surface area contributed by atoms with Gasteiger partial charge in [-0.3, -0.25) is 0 Å². The van der Waals surface area contributed by atoms with Crippen molar-refractivity contribution in [1.82, 2.24) is 4.98 Å². The zero-order valence-electron chi connectivity index (χ0n) is 19.3. The minimum atomic E-state index is 0.222. The average Bonchev–Trinajstić information content (AvgIpc) is 2.87. The van der Waals surface area contributed by atoms with Crippen LogP contribution < -0.4 is 19.9 Å². The number of hydrogen-bond acceptors (Lipinski definition) is 6. The minimum absolute atomic E-state index is 0.222. The Labute approximate surface area is 199 Å². The van der Waals surface area contributed by atoms with E-state index in [1.54, 1.807) is 14.2 Å². The summed E-state index contributed by atoms with van der Waals surface area (Å²) in [5.41, 5.74) is 11.6. The van der Waals surface area contributed by atoms with E-state index in [1.807, 2.05) is 79.7 Å². The summed E-state index contributed by atoms with van der Waals surface area (Å²) in [5, 5.41) is 9.86. The van der Waals surface area contributed by atoms with Crippen LogP contribution in [-0.2, 0) is 6.61 Å². The predicted molar refractivity (Wildman–Crippen MR) is 133 cm³/mol. The summed E-state index contributed by atoms with van der Waals surface area (Å²) in [6.45, 7) is 2.22. The van der Waals surface area contributed by atoms with Crippen LogP contribution in [0.2, 0.25) is 0 Å². The summed E-state index contributed by atoms with van der Waals surface area (Å²) in [5.74, 6) is 2.37. The number of nitriles is 1. The third-order valence-corrected chi connectivity index (χ3v) is 5.61. The van der Waals surface area contributed by atoms with Gasteiger partial charge in [-0.05, 0) is 48.4 Å². The Kier molecular flexibility index (Phi) is 6.65. The Morgan fingerprint density at radius 2 is 1.53 bits per heavy atom. The Morgan fingerprint density at radius 1 is 0.853 bits per heavy atom. The molecular weight excluding hydrogens is 426 g/mol. The van der Waals surface area contributed by atoms with Crippen LogP contribution in [0.1, 0.15) is 16.8 Å². The molecule has 4 rings (SSSR count). The molecule has 1 heterocycles. The van der Waals surface area contributed by atoms with Crippen molar-refractivity contribution in [3.8, 4) is 45.6 Å². The van der Waals surface area contributed by atoms with Gasteiger partial charge in [0.25, 0.3) is 0 Å². The van der Waals surface area contributed by atoms with Crippen LogP contribution in [0.4, 0.5) is 5.82 Å². The molecule has 0 fully saturated rings. The lowest BCUT2D eigenvalue weighted by molar-refractivity contribution is 0.295. The molecule has 4 aromatic rings. The predicted octanol–water partition coefficient (Wildman–Crippen LogP) is 5.77. The number of nitrogens with zero attached hydrogens (tertiary/aromatic N) is 2. The van der Waals surface area contributed by atoms with Crippen molar-refractivity contribution in [3.63, 3.8) is 0 Å². The van der Waals surface area contributed by atoms with E-state index < -0.39 is 0 Å². The van der Waals surface area contributed by atoms with Gasteiger partial charge in [0.15, 0.2) is 0 Å². The topological polar surface area (TPSA) is 90.4 Å². The zero-order chi connectivity index (χ0) is 24.1. The molecule has 2 N–H and O–H groups in total. The highest BCUT2D eigenvalue weighted by Gasteiger charge is 2.19. The maximum atomic E-state index is 9.86. The van der Waals surface area contributed by atoms with E-state index >= 15 is 0 Å². The Hall–Kier alpha value is -4.50. The minimum Gasteiger partial charge on any atom is -0.497 e. The van der Waals surface area contributed by atoms with Gasteiger partial charge in [0, 0.05) is 22.4 Å². The van der Waals surface area contributed by atoms with Gasteiger partial charge in [0.1, 0.15) is 41.3 Å². The summed E-state index contributed by atoms with van der Waals surface area (Å²) in [7, 11) is 3.25. The van der Waals surface area contributed by atoms with Gasteiger partial charge in [0.2, 0.25) is 0 Å². The van der Waals surface area contributed by atoms with Crippen molar-refractivity contribution >= 4 is 5.82 Å². The fraction of sp³-hybridized carbons (Fsp3) is 0.143. The highest BCUT2D eigenvalue weighted by Crippen LogP contribution is 2.39. The third kappa shape index (κ3) is 4.50. The number of pyridine rings is 1. The summed E-state index contributed by atoms with van der Waals surface area (Å²) >= 11 is 0. The van der Waals surface area contributed by atoms with Crippen LogP contribution in [0.5, 0.6) is 17.2 Å². The van der Waals surface area contributed by atoms with Crippen molar-refractivity contribution in [1.29, 1.82) is 5.26 Å². The van der Waals surface area contributed by atoms with Crippen LogP contribution in [0.3, 0.4) is 0 Å². The maximum absolute atomic E-state index is 9.86. The lowest BCUT2D eigenvalue weighted by atomic mass is 9.90. The van der Waals surface area contributed by atoms with Gasteiger partial charge in [0.05, 0.1) is 14.2 Å². The summed E-state index contributed by atoms with van der Waals surface area (Å²) in [6, 6.07) is 25.3. The first kappa shape index (κ1) is 22.7. The number of anilines is 1. The zero-order valence-corrected chi connectivity index (χ0v) is 19.3. The molecule has 6 nitrogen and oxygen atoms in total. The van der Waals surface area contributed by atoms with Crippen LogP contribution in [0.15, 0.2) is 72.8 Å². The van der Waals surface area contributed by atoms with Crippen LogP contribution in [0.25, 0.3) is 22.3 Å². The molecule has 0 spiro atoms. The Bertz CT molecular complexity index is 1340. The van der Waals surface area contributed by atoms with Crippen molar-refractivity contribution in [3.05, 3.63) is 89.6 Å². The molecule has 0 aliphatic heterocycles. The van der Waals surface area contributed by atoms with Crippen molar-refractivity contribution in [2.75, 3.05) is 20.0 Å². The smallest absolute Gasteiger partial charge is 0.142 e. The number of ether oxygens (including phenoxy) is 3. The molecule has 0 saturated carbocycles. The second-order valence-corrected chi connectivity index (χ2v) is 7.68. The number of methoxy groups -OCH3 is 2. The summed E-state index contributed by atoms with van der Waals surface area (Å²) in [6.07, 6.45) is 0. The lowest BCUT2D eigenvalue weighted by Gasteiger charge is -2.17. The van der Waals surface area contributed by atoms with Crippen molar-refractivity contribution in [2.45, 2.75) is 13.5 Å². The molecule has 34 heavy (non-hydrogen) atoms. The number of nitrogens with two attached hydrogens (primary N) is 1. The molecule has 0 saturated heterocycles. The Morgan fingerprint density at radius 3 is 2.18 bits per heavy atom. The number of aromatic nitrogens is 1. The molecule has 3 aromatic carbocycles. The van der Waals surface area contributed by atoms with E-state index in [1.165, 1.54) is 0 Å². The number of hydrogen-bond donors (Lipinski definition) is 1. The van der Waals surface area contributed by atoms with E-state index in [9.17, 15) is 5.26 Å². The third-order valence-electron chi connectivity index (χ3n) is 5.61. The summed E-state index contributed by atoms with van der Waals surface area (Å²) < 4.78 is 16.7. The van der Waals surface area contributed by atoms with Gasteiger partial charge in [-0.15, -0.1) is 0 Å². The fourth-order valence-corrected chi connectivity index (χ4v) is 3.96. The Balaban J connectivity index is 1.68. The van der Waals surface area contributed by atoms with Crippen molar-refractivity contribution < 1.29 is 14.2 Å². The fourth-order valence-electron chi connectivity index (χ4n) is 3.96. The van der Waals surface area contributed by atoms with Crippen LogP contribution >= 0.6 is 0 Å². The van der Waals surface area contributed by atoms with E-state index in [4.69, 9.17) is 19.9 Å². The monoisotopic (exact) mass is 451 g/mol. The molecule has 170 valence electrons.